The van der Waals surface area contributed by atoms with E-state index in [1.807, 2.05) is 0 Å². The fourth-order valence-corrected chi connectivity index (χ4v) is 4.14. The number of pyridine rings is 1. The van der Waals surface area contributed by atoms with E-state index in [0.717, 1.165) is 30.8 Å². The Morgan fingerprint density at radius 1 is 1.29 bits per heavy atom. The Morgan fingerprint density at radius 2 is 2.14 bits per heavy atom. The minimum absolute atomic E-state index is 0.0929. The molecule has 2 aromatic rings. The van der Waals surface area contributed by atoms with Crippen molar-refractivity contribution in [3.8, 4) is 0 Å². The summed E-state index contributed by atoms with van der Waals surface area (Å²) in [4.78, 5) is 8.48. The number of thioether (sulfide) groups is 1. The first-order chi connectivity index (χ1) is 10.2. The lowest BCUT2D eigenvalue weighted by molar-refractivity contribution is -0.00398. The van der Waals surface area contributed by atoms with Gasteiger partial charge < -0.3 is 10.0 Å². The summed E-state index contributed by atoms with van der Waals surface area (Å²) in [5.74, 6) is 2.19. The number of nitrogens with zero attached hydrogens (tertiary/aromatic N) is 2. The first-order valence-electron chi connectivity index (χ1n) is 7.54. The third kappa shape index (κ3) is 2.12. The van der Waals surface area contributed by atoms with Crippen LogP contribution in [0.25, 0.3) is 10.9 Å². The summed E-state index contributed by atoms with van der Waals surface area (Å²) < 4.78 is 0. The summed E-state index contributed by atoms with van der Waals surface area (Å²) in [6, 6.07) is 8.70. The van der Waals surface area contributed by atoms with Crippen LogP contribution in [0, 0.1) is 18.8 Å². The van der Waals surface area contributed by atoms with Crippen molar-refractivity contribution in [1.82, 2.24) is 4.98 Å². The topological polar surface area (TPSA) is 36.4 Å². The van der Waals surface area contributed by atoms with E-state index >= 15 is 0 Å². The Morgan fingerprint density at radius 3 is 2.86 bits per heavy atom. The van der Waals surface area contributed by atoms with E-state index in [1.165, 1.54) is 15.8 Å². The molecule has 3 nitrogen and oxygen atoms in total. The molecule has 0 spiro atoms. The molecule has 1 aromatic carbocycles. The third-order valence-corrected chi connectivity index (χ3v) is 5.79. The normalized spacial score (nSPS) is 27.8. The predicted molar refractivity (Wildman–Crippen MR) is 88.1 cm³/mol. The highest BCUT2D eigenvalue weighted by Crippen LogP contribution is 2.42. The zero-order valence-electron chi connectivity index (χ0n) is 12.4. The van der Waals surface area contributed by atoms with Crippen LogP contribution in [0.1, 0.15) is 12.0 Å². The average Bonchev–Trinajstić information content (AvgIpc) is 2.83. The van der Waals surface area contributed by atoms with Crippen LogP contribution in [0.2, 0.25) is 0 Å². The monoisotopic (exact) mass is 300 g/mol. The number of hydrogen-bond acceptors (Lipinski definition) is 4. The molecule has 4 heteroatoms. The van der Waals surface area contributed by atoms with Gasteiger partial charge in [0.2, 0.25) is 0 Å². The van der Waals surface area contributed by atoms with Crippen molar-refractivity contribution in [1.29, 1.82) is 0 Å². The maximum absolute atomic E-state index is 9.83. The molecular weight excluding hydrogens is 280 g/mol. The zero-order valence-corrected chi connectivity index (χ0v) is 13.2. The first-order valence-corrected chi connectivity index (χ1v) is 8.76. The predicted octanol–water partition coefficient (Wildman–Crippen LogP) is 3.08. The smallest absolute Gasteiger partial charge is 0.129 e. The second kappa shape index (κ2) is 4.89. The molecule has 1 saturated heterocycles. The van der Waals surface area contributed by atoms with Gasteiger partial charge in [-0.2, -0.15) is 0 Å². The first kappa shape index (κ1) is 13.4. The van der Waals surface area contributed by atoms with Crippen LogP contribution < -0.4 is 4.90 Å². The standard InChI is InChI=1S/C17H20N2OS/c1-10-5-17(19-8-11-6-16(20)14(11)9-19)18-15-7-12(21-2)3-4-13(10)15/h3-5,7,11,14,16,20H,6,8-9H2,1-2H3/t11-,14+,16-/m1/s1. The minimum atomic E-state index is -0.0929. The van der Waals surface area contributed by atoms with Crippen LogP contribution in [0.15, 0.2) is 29.2 Å². The number of aromatic nitrogens is 1. The molecule has 2 fully saturated rings. The lowest BCUT2D eigenvalue weighted by Crippen LogP contribution is -2.39. The Labute approximate surface area is 129 Å². The summed E-state index contributed by atoms with van der Waals surface area (Å²) >= 11 is 1.75. The molecule has 1 saturated carbocycles. The molecular formula is C17H20N2OS. The van der Waals surface area contributed by atoms with E-state index in [-0.39, 0.29) is 6.10 Å². The van der Waals surface area contributed by atoms with Gasteiger partial charge in [0.05, 0.1) is 11.6 Å². The highest BCUT2D eigenvalue weighted by Gasteiger charge is 2.46. The van der Waals surface area contributed by atoms with Gasteiger partial charge in [0, 0.05) is 29.3 Å². The summed E-state index contributed by atoms with van der Waals surface area (Å²) in [7, 11) is 0. The van der Waals surface area contributed by atoms with Gasteiger partial charge in [0.25, 0.3) is 0 Å². The van der Waals surface area contributed by atoms with Gasteiger partial charge in [0.1, 0.15) is 5.82 Å². The maximum atomic E-state index is 9.83. The highest BCUT2D eigenvalue weighted by atomic mass is 32.2. The third-order valence-electron chi connectivity index (χ3n) is 5.06. The molecule has 2 heterocycles. The fraction of sp³-hybridized carbons (Fsp3) is 0.471. The molecule has 0 bridgehead atoms. The fourth-order valence-electron chi connectivity index (χ4n) is 3.71. The van der Waals surface area contributed by atoms with E-state index in [2.05, 4.69) is 42.3 Å². The quantitative estimate of drug-likeness (QED) is 0.865. The summed E-state index contributed by atoms with van der Waals surface area (Å²) in [6.07, 6.45) is 2.96. The number of rotatable bonds is 2. The lowest BCUT2D eigenvalue weighted by Gasteiger charge is -2.34. The SMILES string of the molecule is CSc1ccc2c(C)cc(N3C[C@H]4C[C@@H](O)[C@H]4C3)nc2c1. The largest absolute Gasteiger partial charge is 0.393 e. The molecule has 2 aliphatic rings. The Kier molecular flexibility index (Phi) is 3.12. The number of aliphatic hydroxyl groups is 1. The van der Waals surface area contributed by atoms with Crippen LogP contribution in [0.4, 0.5) is 5.82 Å². The average molecular weight is 300 g/mol. The molecule has 1 aliphatic heterocycles. The van der Waals surface area contributed by atoms with E-state index in [1.54, 1.807) is 11.8 Å². The van der Waals surface area contributed by atoms with Gasteiger partial charge in [0.15, 0.2) is 0 Å². The van der Waals surface area contributed by atoms with Gasteiger partial charge in [-0.25, -0.2) is 4.98 Å². The van der Waals surface area contributed by atoms with Crippen molar-refractivity contribution in [2.24, 2.45) is 11.8 Å². The number of hydrogen-bond donors (Lipinski definition) is 1. The minimum Gasteiger partial charge on any atom is -0.393 e. The highest BCUT2D eigenvalue weighted by molar-refractivity contribution is 7.98. The molecule has 21 heavy (non-hydrogen) atoms. The number of aryl methyl sites for hydroxylation is 1. The van der Waals surface area contributed by atoms with Gasteiger partial charge in [-0.1, -0.05) is 6.07 Å². The van der Waals surface area contributed by atoms with Crippen molar-refractivity contribution in [3.05, 3.63) is 29.8 Å². The van der Waals surface area contributed by atoms with E-state index in [0.29, 0.717) is 11.8 Å². The van der Waals surface area contributed by atoms with Crippen molar-refractivity contribution in [3.63, 3.8) is 0 Å². The zero-order chi connectivity index (χ0) is 14.6. The Balaban J connectivity index is 1.72. The van der Waals surface area contributed by atoms with Gasteiger partial charge in [-0.05, 0) is 49.3 Å². The molecule has 3 atom stereocenters. The van der Waals surface area contributed by atoms with Gasteiger partial charge in [-0.3, -0.25) is 0 Å². The lowest BCUT2D eigenvalue weighted by atomic mass is 9.74. The molecule has 0 radical (unpaired) electrons. The number of anilines is 1. The van der Waals surface area contributed by atoms with E-state index in [9.17, 15) is 5.11 Å². The molecule has 1 aliphatic carbocycles. The van der Waals surface area contributed by atoms with Crippen LogP contribution in [0.3, 0.4) is 0 Å². The van der Waals surface area contributed by atoms with Crippen LogP contribution in [0.5, 0.6) is 0 Å². The molecule has 1 N–H and O–H groups in total. The second-order valence-corrected chi connectivity index (χ2v) is 7.19. The molecule has 0 amide bonds. The summed E-state index contributed by atoms with van der Waals surface area (Å²) in [6.45, 7) is 4.15. The van der Waals surface area contributed by atoms with Crippen LogP contribution in [-0.2, 0) is 0 Å². The molecule has 1 aromatic heterocycles. The Hall–Kier alpha value is -1.26. The van der Waals surface area contributed by atoms with Crippen molar-refractivity contribution in [2.75, 3.05) is 24.2 Å². The van der Waals surface area contributed by atoms with Crippen molar-refractivity contribution in [2.45, 2.75) is 24.3 Å². The van der Waals surface area contributed by atoms with E-state index in [4.69, 9.17) is 4.98 Å². The van der Waals surface area contributed by atoms with Gasteiger partial charge in [-0.15, -0.1) is 11.8 Å². The molecule has 110 valence electrons. The van der Waals surface area contributed by atoms with Crippen molar-refractivity contribution < 1.29 is 5.11 Å². The van der Waals surface area contributed by atoms with E-state index < -0.39 is 0 Å². The van der Waals surface area contributed by atoms with Gasteiger partial charge >= 0.3 is 0 Å². The molecule has 0 unspecified atom stereocenters. The van der Waals surface area contributed by atoms with Crippen LogP contribution in [-0.4, -0.2) is 35.5 Å². The Bertz CT molecular complexity index is 702. The number of aliphatic hydroxyl groups excluding tert-OH is 1. The molecule has 4 rings (SSSR count). The maximum Gasteiger partial charge on any atom is 0.129 e. The summed E-state index contributed by atoms with van der Waals surface area (Å²) in [5, 5.41) is 11.1. The van der Waals surface area contributed by atoms with Crippen LogP contribution >= 0.6 is 11.8 Å². The number of fused-ring (bicyclic) bond motifs is 2. The summed E-state index contributed by atoms with van der Waals surface area (Å²) in [5.41, 5.74) is 2.36. The second-order valence-electron chi connectivity index (χ2n) is 6.31. The van der Waals surface area contributed by atoms with Crippen molar-refractivity contribution >= 4 is 28.5 Å². The number of benzene rings is 1.